The van der Waals surface area contributed by atoms with Crippen LogP contribution in [0.15, 0.2) is 28.0 Å². The van der Waals surface area contributed by atoms with E-state index in [1.54, 1.807) is 18.2 Å². The molecule has 5 nitrogen and oxygen atoms in total. The summed E-state index contributed by atoms with van der Waals surface area (Å²) in [5.41, 5.74) is 0.580. The van der Waals surface area contributed by atoms with Gasteiger partial charge in [0.25, 0.3) is 0 Å². The molecule has 1 aliphatic carbocycles. The molecule has 2 N–H and O–H groups in total. The van der Waals surface area contributed by atoms with Crippen LogP contribution in [0.4, 0.5) is 5.69 Å². The molecule has 1 aliphatic heterocycles. The van der Waals surface area contributed by atoms with Gasteiger partial charge < -0.3 is 5.32 Å². The summed E-state index contributed by atoms with van der Waals surface area (Å²) < 4.78 is 28.4. The second-order valence-electron chi connectivity index (χ2n) is 6.90. The van der Waals surface area contributed by atoms with Gasteiger partial charge in [-0.05, 0) is 43.4 Å². The van der Waals surface area contributed by atoms with Crippen LogP contribution in [-0.2, 0) is 14.8 Å². The lowest BCUT2D eigenvalue weighted by molar-refractivity contribution is -0.115. The molecule has 0 saturated heterocycles. The molecule has 1 saturated carbocycles. The van der Waals surface area contributed by atoms with Crippen molar-refractivity contribution in [1.82, 2.24) is 4.72 Å². The fraction of sp³-hybridized carbons (Fsp3) is 0.588. The lowest BCUT2D eigenvalue weighted by Gasteiger charge is -2.34. The van der Waals surface area contributed by atoms with Crippen molar-refractivity contribution in [3.8, 4) is 0 Å². The molecule has 0 bridgehead atoms. The number of carbonyl (C=O) groups is 1. The first kappa shape index (κ1) is 17.8. The number of thioether (sulfide) groups is 1. The highest BCUT2D eigenvalue weighted by Crippen LogP contribution is 2.37. The third kappa shape index (κ3) is 3.48. The monoisotopic (exact) mass is 368 g/mol. The minimum absolute atomic E-state index is 0.0289. The van der Waals surface area contributed by atoms with Gasteiger partial charge in [-0.25, -0.2) is 13.1 Å². The molecule has 132 valence electrons. The quantitative estimate of drug-likeness (QED) is 0.859. The SMILES string of the molecule is C[C@@H]1[C@@H](C)CCC[C@H]1NS(=O)(=O)c1ccc2c(c1)NC(=O)[C@H](C)S2. The Labute approximate surface area is 148 Å². The molecular formula is C17H24N2O3S2. The van der Waals surface area contributed by atoms with Crippen molar-refractivity contribution in [1.29, 1.82) is 0 Å². The molecule has 0 aromatic heterocycles. The van der Waals surface area contributed by atoms with E-state index in [9.17, 15) is 13.2 Å². The van der Waals surface area contributed by atoms with Crippen LogP contribution in [0.2, 0.25) is 0 Å². The van der Waals surface area contributed by atoms with Gasteiger partial charge in [0.15, 0.2) is 0 Å². The van der Waals surface area contributed by atoms with Gasteiger partial charge in [-0.3, -0.25) is 4.79 Å². The van der Waals surface area contributed by atoms with E-state index in [1.165, 1.54) is 11.8 Å². The first-order valence-corrected chi connectivity index (χ1v) is 10.8. The average Bonchev–Trinajstić information content (AvgIpc) is 2.52. The largest absolute Gasteiger partial charge is 0.324 e. The van der Waals surface area contributed by atoms with Gasteiger partial charge in [0, 0.05) is 10.9 Å². The van der Waals surface area contributed by atoms with Crippen molar-refractivity contribution in [3.63, 3.8) is 0 Å². The van der Waals surface area contributed by atoms with Crippen molar-refractivity contribution in [3.05, 3.63) is 18.2 Å². The van der Waals surface area contributed by atoms with Crippen molar-refractivity contribution in [2.75, 3.05) is 5.32 Å². The van der Waals surface area contributed by atoms with Crippen molar-refractivity contribution < 1.29 is 13.2 Å². The summed E-state index contributed by atoms with van der Waals surface area (Å²) in [7, 11) is -3.59. The van der Waals surface area contributed by atoms with Crippen LogP contribution in [-0.4, -0.2) is 25.6 Å². The van der Waals surface area contributed by atoms with Crippen molar-refractivity contribution in [2.45, 2.75) is 61.1 Å². The minimum atomic E-state index is -3.59. The number of carbonyl (C=O) groups excluding carboxylic acids is 1. The Bertz CT molecular complexity index is 748. The molecule has 1 heterocycles. The zero-order valence-corrected chi connectivity index (χ0v) is 15.8. The summed E-state index contributed by atoms with van der Waals surface area (Å²) in [5, 5.41) is 2.63. The summed E-state index contributed by atoms with van der Waals surface area (Å²) in [4.78, 5) is 12.9. The van der Waals surface area contributed by atoms with E-state index >= 15 is 0 Å². The standard InChI is InChI=1S/C17H24N2O3S2/c1-10-5-4-6-14(11(10)2)19-24(21,22)13-7-8-16-15(9-13)18-17(20)12(3)23-16/h7-12,14,19H,4-6H2,1-3H3,(H,18,20)/t10-,11+,12-,14+/m0/s1. The molecule has 1 aromatic rings. The van der Waals surface area contributed by atoms with Crippen LogP contribution in [0.5, 0.6) is 0 Å². The smallest absolute Gasteiger partial charge is 0.240 e. The molecule has 7 heteroatoms. The molecule has 0 unspecified atom stereocenters. The molecule has 0 spiro atoms. The maximum Gasteiger partial charge on any atom is 0.240 e. The average molecular weight is 369 g/mol. The highest BCUT2D eigenvalue weighted by molar-refractivity contribution is 8.01. The summed E-state index contributed by atoms with van der Waals surface area (Å²) in [6, 6.07) is 4.93. The molecule has 1 amide bonds. The lowest BCUT2D eigenvalue weighted by atomic mass is 9.78. The number of fused-ring (bicyclic) bond motifs is 1. The van der Waals surface area contributed by atoms with E-state index in [2.05, 4.69) is 23.9 Å². The number of anilines is 1. The van der Waals surface area contributed by atoms with Gasteiger partial charge in [-0.2, -0.15) is 0 Å². The molecule has 1 fully saturated rings. The second-order valence-corrected chi connectivity index (χ2v) is 10.00. The van der Waals surface area contributed by atoms with Crippen LogP contribution >= 0.6 is 11.8 Å². The van der Waals surface area contributed by atoms with E-state index in [-0.39, 0.29) is 22.1 Å². The number of hydrogen-bond acceptors (Lipinski definition) is 4. The number of hydrogen-bond donors (Lipinski definition) is 2. The summed E-state index contributed by atoms with van der Waals surface area (Å²) in [6.45, 7) is 6.13. The van der Waals surface area contributed by atoms with Crippen LogP contribution in [0.3, 0.4) is 0 Å². The van der Waals surface area contributed by atoms with Gasteiger partial charge in [0.05, 0.1) is 15.8 Å². The lowest BCUT2D eigenvalue weighted by Crippen LogP contribution is -2.43. The number of sulfonamides is 1. The Morgan fingerprint density at radius 3 is 2.71 bits per heavy atom. The Hall–Kier alpha value is -1.05. The fourth-order valence-corrected chi connectivity index (χ4v) is 5.69. The van der Waals surface area contributed by atoms with E-state index in [4.69, 9.17) is 0 Å². The molecule has 0 radical (unpaired) electrons. The molecular weight excluding hydrogens is 344 g/mol. The Morgan fingerprint density at radius 2 is 1.96 bits per heavy atom. The molecule has 3 rings (SSSR count). The van der Waals surface area contributed by atoms with E-state index in [0.717, 1.165) is 24.2 Å². The van der Waals surface area contributed by atoms with E-state index < -0.39 is 10.0 Å². The number of benzene rings is 1. The molecule has 1 aromatic carbocycles. The fourth-order valence-electron chi connectivity index (χ4n) is 3.37. The zero-order chi connectivity index (χ0) is 17.5. The third-order valence-corrected chi connectivity index (χ3v) is 7.87. The Kier molecular flexibility index (Phi) is 4.95. The third-order valence-electron chi connectivity index (χ3n) is 5.21. The maximum absolute atomic E-state index is 12.8. The topological polar surface area (TPSA) is 75.3 Å². The number of rotatable bonds is 3. The normalized spacial score (nSPS) is 30.5. The Balaban J connectivity index is 1.83. The minimum Gasteiger partial charge on any atom is -0.324 e. The zero-order valence-electron chi connectivity index (χ0n) is 14.2. The van der Waals surface area contributed by atoms with Crippen LogP contribution in [0.25, 0.3) is 0 Å². The second kappa shape index (κ2) is 6.69. The summed E-state index contributed by atoms with van der Waals surface area (Å²) in [5.74, 6) is 0.749. The van der Waals surface area contributed by atoms with Gasteiger partial charge >= 0.3 is 0 Å². The highest BCUT2D eigenvalue weighted by atomic mass is 32.2. The van der Waals surface area contributed by atoms with Gasteiger partial charge in [-0.15, -0.1) is 11.8 Å². The molecule has 4 atom stereocenters. The van der Waals surface area contributed by atoms with Gasteiger partial charge in [0.1, 0.15) is 0 Å². The summed E-state index contributed by atoms with van der Waals surface area (Å²) >= 11 is 1.45. The molecule has 24 heavy (non-hydrogen) atoms. The number of nitrogens with one attached hydrogen (secondary N) is 2. The van der Waals surface area contributed by atoms with E-state index in [0.29, 0.717) is 17.5 Å². The first-order valence-electron chi connectivity index (χ1n) is 8.42. The highest BCUT2D eigenvalue weighted by Gasteiger charge is 2.31. The van der Waals surface area contributed by atoms with Gasteiger partial charge in [-0.1, -0.05) is 26.7 Å². The first-order chi connectivity index (χ1) is 11.3. The Morgan fingerprint density at radius 1 is 1.21 bits per heavy atom. The predicted octanol–water partition coefficient (Wildman–Crippen LogP) is 3.22. The van der Waals surface area contributed by atoms with Crippen LogP contribution in [0, 0.1) is 11.8 Å². The van der Waals surface area contributed by atoms with E-state index in [1.807, 2.05) is 6.92 Å². The van der Waals surface area contributed by atoms with Crippen molar-refractivity contribution in [2.24, 2.45) is 11.8 Å². The van der Waals surface area contributed by atoms with Crippen LogP contribution in [0.1, 0.15) is 40.0 Å². The predicted molar refractivity (Wildman–Crippen MR) is 96.7 cm³/mol. The van der Waals surface area contributed by atoms with Crippen molar-refractivity contribution >= 4 is 33.4 Å². The maximum atomic E-state index is 12.8. The summed E-state index contributed by atoms with van der Waals surface area (Å²) in [6.07, 6.45) is 3.08. The van der Waals surface area contributed by atoms with Gasteiger partial charge in [0.2, 0.25) is 15.9 Å². The van der Waals surface area contributed by atoms with Crippen LogP contribution < -0.4 is 10.0 Å². The molecule has 2 aliphatic rings. The number of amides is 1.